The molecule has 0 bridgehead atoms. The fraction of sp³-hybridized carbons (Fsp3) is 0.769. The summed E-state index contributed by atoms with van der Waals surface area (Å²) in [6.07, 6.45) is 4.34. The number of nitrogens with one attached hydrogen (secondary N) is 1. The Morgan fingerprint density at radius 1 is 1.24 bits per heavy atom. The number of hydrogen-bond donors (Lipinski definition) is 3. The summed E-state index contributed by atoms with van der Waals surface area (Å²) in [6.45, 7) is 2.49. The molecule has 0 aliphatic carbocycles. The van der Waals surface area contributed by atoms with E-state index < -0.39 is 12.0 Å². The normalized spacial score (nSPS) is 11.0. The second-order valence-corrected chi connectivity index (χ2v) is 4.55. The fourth-order valence-electron chi connectivity index (χ4n) is 1.70. The number of esters is 1. The lowest BCUT2D eigenvalue weighted by Crippen LogP contribution is -2.41. The van der Waals surface area contributed by atoms with Gasteiger partial charge in [0.2, 0.25) is 5.91 Å². The molecule has 0 radical (unpaired) electrons. The molecule has 0 aromatic carbocycles. The first kappa shape index (κ1) is 21.8. The summed E-state index contributed by atoms with van der Waals surface area (Å²) in [7, 11) is 1.30. The number of carbonyl (C=O) groups excluding carboxylic acids is 2. The van der Waals surface area contributed by atoms with Gasteiger partial charge in [0, 0.05) is 13.0 Å². The number of nitrogens with zero attached hydrogens (tertiary/aromatic N) is 1. The molecule has 0 aliphatic heterocycles. The van der Waals surface area contributed by atoms with Crippen LogP contribution in [0.3, 0.4) is 0 Å². The number of ether oxygens (including phenoxy) is 1. The van der Waals surface area contributed by atoms with Crippen molar-refractivity contribution in [2.75, 3.05) is 13.7 Å². The minimum absolute atomic E-state index is 0. The molecule has 124 valence electrons. The van der Waals surface area contributed by atoms with Crippen LogP contribution in [0.2, 0.25) is 0 Å². The molecule has 1 amide bonds. The highest BCUT2D eigenvalue weighted by molar-refractivity contribution is 5.85. The van der Waals surface area contributed by atoms with E-state index in [1.165, 1.54) is 7.11 Å². The second-order valence-electron chi connectivity index (χ2n) is 4.55. The van der Waals surface area contributed by atoms with Crippen LogP contribution in [0.4, 0.5) is 0 Å². The zero-order valence-electron chi connectivity index (χ0n) is 12.8. The number of carbonyl (C=O) groups is 2. The van der Waals surface area contributed by atoms with Gasteiger partial charge in [-0.25, -0.2) is 4.79 Å². The highest BCUT2D eigenvalue weighted by Crippen LogP contribution is 2.03. The van der Waals surface area contributed by atoms with Gasteiger partial charge in [-0.15, -0.1) is 12.4 Å². The van der Waals surface area contributed by atoms with Gasteiger partial charge in [-0.2, -0.15) is 0 Å². The Hall–Kier alpha value is -1.50. The Labute approximate surface area is 132 Å². The molecule has 0 aromatic rings. The molecular weight excluding hydrogens is 296 g/mol. The van der Waals surface area contributed by atoms with E-state index >= 15 is 0 Å². The van der Waals surface area contributed by atoms with Crippen LogP contribution in [0.15, 0.2) is 4.99 Å². The van der Waals surface area contributed by atoms with Crippen LogP contribution in [0.25, 0.3) is 0 Å². The molecule has 0 fully saturated rings. The quantitative estimate of drug-likeness (QED) is 0.237. The fourth-order valence-corrected chi connectivity index (χ4v) is 1.70. The number of amides is 1. The highest BCUT2D eigenvalue weighted by Gasteiger charge is 2.20. The molecule has 0 unspecified atom stereocenters. The third-order valence-corrected chi connectivity index (χ3v) is 2.77. The Bertz CT molecular complexity index is 333. The SMILES string of the molecule is CCCCCC(=O)N[C@@H](CCCN=C(N)N)C(=O)OC.Cl. The highest BCUT2D eigenvalue weighted by atomic mass is 35.5. The van der Waals surface area contributed by atoms with Crippen molar-refractivity contribution in [1.29, 1.82) is 0 Å². The van der Waals surface area contributed by atoms with Crippen molar-refractivity contribution in [3.05, 3.63) is 0 Å². The minimum Gasteiger partial charge on any atom is -0.467 e. The maximum absolute atomic E-state index is 11.7. The van der Waals surface area contributed by atoms with Crippen LogP contribution >= 0.6 is 12.4 Å². The van der Waals surface area contributed by atoms with Gasteiger partial charge in [-0.3, -0.25) is 9.79 Å². The Kier molecular flexibility index (Phi) is 14.0. The topological polar surface area (TPSA) is 120 Å². The van der Waals surface area contributed by atoms with E-state index in [1.807, 2.05) is 0 Å². The first-order valence-electron chi connectivity index (χ1n) is 6.93. The van der Waals surface area contributed by atoms with Crippen molar-refractivity contribution in [2.24, 2.45) is 16.5 Å². The largest absolute Gasteiger partial charge is 0.467 e. The molecule has 0 aliphatic rings. The van der Waals surface area contributed by atoms with Crippen LogP contribution in [-0.2, 0) is 14.3 Å². The molecule has 5 N–H and O–H groups in total. The molecule has 0 saturated carbocycles. The van der Waals surface area contributed by atoms with E-state index in [0.29, 0.717) is 25.8 Å². The molecule has 0 rings (SSSR count). The molecular formula is C13H27ClN4O3. The molecule has 0 saturated heterocycles. The van der Waals surface area contributed by atoms with Crippen LogP contribution in [-0.4, -0.2) is 37.5 Å². The van der Waals surface area contributed by atoms with E-state index in [0.717, 1.165) is 19.3 Å². The average Bonchev–Trinajstić information content (AvgIpc) is 2.41. The zero-order valence-corrected chi connectivity index (χ0v) is 13.6. The van der Waals surface area contributed by atoms with Crippen LogP contribution in [0.1, 0.15) is 45.4 Å². The van der Waals surface area contributed by atoms with Crippen molar-refractivity contribution in [2.45, 2.75) is 51.5 Å². The predicted octanol–water partition coefficient (Wildman–Crippen LogP) is 0.700. The summed E-state index contributed by atoms with van der Waals surface area (Å²) in [5, 5.41) is 2.69. The summed E-state index contributed by atoms with van der Waals surface area (Å²) in [5.41, 5.74) is 10.4. The number of aliphatic imine (C=N–C) groups is 1. The summed E-state index contributed by atoms with van der Waals surface area (Å²) in [5.74, 6) is -0.558. The number of nitrogens with two attached hydrogens (primary N) is 2. The molecule has 0 heterocycles. The van der Waals surface area contributed by atoms with Gasteiger partial charge in [-0.05, 0) is 19.3 Å². The van der Waals surface area contributed by atoms with Gasteiger partial charge in [0.25, 0.3) is 0 Å². The number of methoxy groups -OCH3 is 1. The second kappa shape index (κ2) is 13.5. The van der Waals surface area contributed by atoms with E-state index in [9.17, 15) is 9.59 Å². The monoisotopic (exact) mass is 322 g/mol. The molecule has 0 aromatic heterocycles. The Morgan fingerprint density at radius 3 is 2.43 bits per heavy atom. The zero-order chi connectivity index (χ0) is 15.4. The number of halogens is 1. The average molecular weight is 323 g/mol. The van der Waals surface area contributed by atoms with Crippen LogP contribution < -0.4 is 16.8 Å². The molecule has 7 nitrogen and oxygen atoms in total. The van der Waals surface area contributed by atoms with Gasteiger partial charge in [-0.1, -0.05) is 19.8 Å². The smallest absolute Gasteiger partial charge is 0.328 e. The lowest BCUT2D eigenvalue weighted by Gasteiger charge is -2.16. The van der Waals surface area contributed by atoms with Crippen molar-refractivity contribution in [3.8, 4) is 0 Å². The number of guanidine groups is 1. The summed E-state index contributed by atoms with van der Waals surface area (Å²) < 4.78 is 4.68. The van der Waals surface area contributed by atoms with Gasteiger partial charge in [0.15, 0.2) is 5.96 Å². The first-order chi connectivity index (χ1) is 9.51. The number of unbranched alkanes of at least 4 members (excludes halogenated alkanes) is 2. The number of hydrogen-bond acceptors (Lipinski definition) is 4. The maximum Gasteiger partial charge on any atom is 0.328 e. The van der Waals surface area contributed by atoms with Crippen LogP contribution in [0.5, 0.6) is 0 Å². The summed E-state index contributed by atoms with van der Waals surface area (Å²) >= 11 is 0. The number of rotatable bonds is 10. The minimum atomic E-state index is -0.636. The maximum atomic E-state index is 11.7. The Balaban J connectivity index is 0. The van der Waals surface area contributed by atoms with Crippen LogP contribution in [0, 0.1) is 0 Å². The van der Waals surface area contributed by atoms with E-state index in [2.05, 4.69) is 22.0 Å². The first-order valence-corrected chi connectivity index (χ1v) is 6.93. The van der Waals surface area contributed by atoms with E-state index in [-0.39, 0.29) is 24.3 Å². The molecule has 0 spiro atoms. The summed E-state index contributed by atoms with van der Waals surface area (Å²) in [4.78, 5) is 27.1. The third kappa shape index (κ3) is 12.0. The molecule has 8 heteroatoms. The lowest BCUT2D eigenvalue weighted by atomic mass is 10.1. The van der Waals surface area contributed by atoms with E-state index in [1.54, 1.807) is 0 Å². The third-order valence-electron chi connectivity index (χ3n) is 2.77. The van der Waals surface area contributed by atoms with Gasteiger partial charge in [0.1, 0.15) is 6.04 Å². The summed E-state index contributed by atoms with van der Waals surface area (Å²) in [6, 6.07) is -0.636. The standard InChI is InChI=1S/C13H26N4O3.ClH/c1-3-4-5-8-11(18)17-10(12(19)20-2)7-6-9-16-13(14)15;/h10H,3-9H2,1-2H3,(H,17,18)(H4,14,15,16);1H/t10-;/m0./s1. The van der Waals surface area contributed by atoms with Crippen molar-refractivity contribution < 1.29 is 14.3 Å². The van der Waals surface area contributed by atoms with Gasteiger partial charge in [0.05, 0.1) is 7.11 Å². The van der Waals surface area contributed by atoms with Gasteiger partial charge >= 0.3 is 5.97 Å². The van der Waals surface area contributed by atoms with Crippen molar-refractivity contribution in [3.63, 3.8) is 0 Å². The predicted molar refractivity (Wildman–Crippen MR) is 85.2 cm³/mol. The van der Waals surface area contributed by atoms with Crippen molar-refractivity contribution >= 4 is 30.2 Å². The van der Waals surface area contributed by atoms with Crippen molar-refractivity contribution in [1.82, 2.24) is 5.32 Å². The van der Waals surface area contributed by atoms with Gasteiger partial charge < -0.3 is 21.5 Å². The Morgan fingerprint density at radius 2 is 1.90 bits per heavy atom. The molecule has 21 heavy (non-hydrogen) atoms. The molecule has 1 atom stereocenters. The van der Waals surface area contributed by atoms with E-state index in [4.69, 9.17) is 11.5 Å². The lowest BCUT2D eigenvalue weighted by molar-refractivity contribution is -0.145.